The first-order valence-corrected chi connectivity index (χ1v) is 6.63. The number of rotatable bonds is 4. The molecule has 90 valence electrons. The average molecular weight is 262 g/mol. The fourth-order valence-electron chi connectivity index (χ4n) is 1.85. The van der Waals surface area contributed by atoms with Crippen LogP contribution in [0.2, 0.25) is 5.02 Å². The van der Waals surface area contributed by atoms with Crippen molar-refractivity contribution in [3.63, 3.8) is 0 Å². The third-order valence-corrected chi connectivity index (χ3v) is 4.30. The second-order valence-electron chi connectivity index (χ2n) is 4.20. The van der Waals surface area contributed by atoms with Gasteiger partial charge in [0.25, 0.3) is 0 Å². The molecule has 0 radical (unpaired) electrons. The molecule has 0 saturated carbocycles. The SMILES string of the molecule is CC1OCCC1(O)CNCc1cc(Cl)cs1. The highest BCUT2D eigenvalue weighted by Gasteiger charge is 2.38. The molecule has 0 aliphatic carbocycles. The van der Waals surface area contributed by atoms with E-state index in [1.807, 2.05) is 18.4 Å². The molecule has 1 aromatic rings. The van der Waals surface area contributed by atoms with Gasteiger partial charge in [-0.25, -0.2) is 0 Å². The summed E-state index contributed by atoms with van der Waals surface area (Å²) in [6, 6.07) is 1.94. The zero-order valence-electron chi connectivity index (χ0n) is 9.20. The van der Waals surface area contributed by atoms with Crippen molar-refractivity contribution in [2.24, 2.45) is 0 Å². The molecular formula is C11H16ClNO2S. The molecule has 0 amide bonds. The lowest BCUT2D eigenvalue weighted by molar-refractivity contribution is -0.0262. The Morgan fingerprint density at radius 2 is 2.56 bits per heavy atom. The van der Waals surface area contributed by atoms with Crippen LogP contribution in [0, 0.1) is 0 Å². The maximum absolute atomic E-state index is 10.2. The zero-order valence-corrected chi connectivity index (χ0v) is 10.8. The summed E-state index contributed by atoms with van der Waals surface area (Å²) < 4.78 is 5.37. The van der Waals surface area contributed by atoms with Crippen LogP contribution >= 0.6 is 22.9 Å². The maximum atomic E-state index is 10.2. The van der Waals surface area contributed by atoms with Crippen molar-refractivity contribution in [3.05, 3.63) is 21.3 Å². The monoisotopic (exact) mass is 261 g/mol. The average Bonchev–Trinajstić information content (AvgIpc) is 2.76. The molecule has 1 saturated heterocycles. The highest BCUT2D eigenvalue weighted by molar-refractivity contribution is 7.10. The molecule has 5 heteroatoms. The minimum absolute atomic E-state index is 0.0908. The van der Waals surface area contributed by atoms with E-state index < -0.39 is 5.60 Å². The molecule has 2 atom stereocenters. The smallest absolute Gasteiger partial charge is 0.105 e. The first kappa shape index (κ1) is 12.3. The first-order valence-electron chi connectivity index (χ1n) is 5.38. The van der Waals surface area contributed by atoms with Gasteiger partial charge in [-0.05, 0) is 13.0 Å². The molecule has 16 heavy (non-hydrogen) atoms. The van der Waals surface area contributed by atoms with Crippen LogP contribution in [0.3, 0.4) is 0 Å². The van der Waals surface area contributed by atoms with E-state index in [4.69, 9.17) is 16.3 Å². The lowest BCUT2D eigenvalue weighted by atomic mass is 9.97. The van der Waals surface area contributed by atoms with Crippen molar-refractivity contribution in [3.8, 4) is 0 Å². The molecule has 2 N–H and O–H groups in total. The molecule has 0 aromatic carbocycles. The second kappa shape index (κ2) is 5.02. The summed E-state index contributed by atoms with van der Waals surface area (Å²) in [5, 5.41) is 16.2. The van der Waals surface area contributed by atoms with Gasteiger partial charge in [-0.2, -0.15) is 0 Å². The van der Waals surface area contributed by atoms with Crippen molar-refractivity contribution in [2.45, 2.75) is 31.6 Å². The van der Waals surface area contributed by atoms with E-state index in [1.54, 1.807) is 11.3 Å². The Morgan fingerprint density at radius 3 is 3.12 bits per heavy atom. The Hall–Kier alpha value is -0.130. The standard InChI is InChI=1S/C11H16ClNO2S/c1-8-11(14,2-3-15-8)7-13-5-10-4-9(12)6-16-10/h4,6,8,13-14H,2-3,5,7H2,1H3. The lowest BCUT2D eigenvalue weighted by Crippen LogP contribution is -2.45. The Bertz CT molecular complexity index is 358. The topological polar surface area (TPSA) is 41.5 Å². The summed E-state index contributed by atoms with van der Waals surface area (Å²) in [5.41, 5.74) is -0.721. The number of hydrogen-bond donors (Lipinski definition) is 2. The Morgan fingerprint density at radius 1 is 1.75 bits per heavy atom. The largest absolute Gasteiger partial charge is 0.386 e. The van der Waals surface area contributed by atoms with Crippen molar-refractivity contribution in [1.29, 1.82) is 0 Å². The van der Waals surface area contributed by atoms with Crippen molar-refractivity contribution in [1.82, 2.24) is 5.32 Å². The Balaban J connectivity index is 1.79. The van der Waals surface area contributed by atoms with Gasteiger partial charge >= 0.3 is 0 Å². The van der Waals surface area contributed by atoms with E-state index >= 15 is 0 Å². The van der Waals surface area contributed by atoms with E-state index in [1.165, 1.54) is 4.88 Å². The predicted octanol–water partition coefficient (Wildman–Crippen LogP) is 2.03. The number of nitrogens with one attached hydrogen (secondary N) is 1. The van der Waals surface area contributed by atoms with Crippen LogP contribution < -0.4 is 5.32 Å². The molecule has 3 nitrogen and oxygen atoms in total. The molecule has 2 rings (SSSR count). The fraction of sp³-hybridized carbons (Fsp3) is 0.636. The number of hydrogen-bond acceptors (Lipinski definition) is 4. The van der Waals surface area contributed by atoms with Gasteiger partial charge in [0.15, 0.2) is 0 Å². The minimum Gasteiger partial charge on any atom is -0.386 e. The normalized spacial score (nSPS) is 29.8. The van der Waals surface area contributed by atoms with Crippen molar-refractivity contribution < 1.29 is 9.84 Å². The van der Waals surface area contributed by atoms with Gasteiger partial charge in [0.1, 0.15) is 5.60 Å². The van der Waals surface area contributed by atoms with Crippen LogP contribution in [0.4, 0.5) is 0 Å². The summed E-state index contributed by atoms with van der Waals surface area (Å²) >= 11 is 7.45. The summed E-state index contributed by atoms with van der Waals surface area (Å²) in [5.74, 6) is 0. The molecule has 1 aliphatic rings. The van der Waals surface area contributed by atoms with Crippen LogP contribution in [0.25, 0.3) is 0 Å². The van der Waals surface area contributed by atoms with Crippen molar-refractivity contribution >= 4 is 22.9 Å². The maximum Gasteiger partial charge on any atom is 0.105 e. The second-order valence-corrected chi connectivity index (χ2v) is 5.63. The Kier molecular flexibility index (Phi) is 3.87. The third-order valence-electron chi connectivity index (χ3n) is 3.01. The van der Waals surface area contributed by atoms with Gasteiger partial charge in [-0.15, -0.1) is 11.3 Å². The molecule has 0 spiro atoms. The number of aliphatic hydroxyl groups is 1. The summed E-state index contributed by atoms with van der Waals surface area (Å²) in [6.45, 7) is 3.86. The Labute approximate surface area is 104 Å². The quantitative estimate of drug-likeness (QED) is 0.872. The van der Waals surface area contributed by atoms with Gasteiger partial charge in [-0.3, -0.25) is 0 Å². The first-order chi connectivity index (χ1) is 7.60. The fourth-order valence-corrected chi connectivity index (χ4v) is 2.89. The predicted molar refractivity (Wildman–Crippen MR) is 66.0 cm³/mol. The molecule has 1 aliphatic heterocycles. The van der Waals surface area contributed by atoms with Crippen LogP contribution in [0.15, 0.2) is 11.4 Å². The van der Waals surface area contributed by atoms with E-state index in [-0.39, 0.29) is 6.10 Å². The van der Waals surface area contributed by atoms with E-state index in [9.17, 15) is 5.11 Å². The van der Waals surface area contributed by atoms with E-state index in [0.29, 0.717) is 19.6 Å². The molecule has 0 bridgehead atoms. The molecule has 1 aromatic heterocycles. The van der Waals surface area contributed by atoms with Crippen LogP contribution in [-0.2, 0) is 11.3 Å². The lowest BCUT2D eigenvalue weighted by Gasteiger charge is -2.26. The van der Waals surface area contributed by atoms with E-state index in [2.05, 4.69) is 5.32 Å². The summed E-state index contributed by atoms with van der Waals surface area (Å²) in [6.07, 6.45) is 0.610. The summed E-state index contributed by atoms with van der Waals surface area (Å²) in [7, 11) is 0. The number of halogens is 1. The van der Waals surface area contributed by atoms with Crippen molar-refractivity contribution in [2.75, 3.05) is 13.2 Å². The highest BCUT2D eigenvalue weighted by Crippen LogP contribution is 2.25. The number of thiophene rings is 1. The van der Waals surface area contributed by atoms with Gasteiger partial charge < -0.3 is 15.2 Å². The molecule has 2 heterocycles. The van der Waals surface area contributed by atoms with Gasteiger partial charge in [0, 0.05) is 36.4 Å². The van der Waals surface area contributed by atoms with Gasteiger partial charge in [0.2, 0.25) is 0 Å². The minimum atomic E-state index is -0.721. The van der Waals surface area contributed by atoms with Crippen LogP contribution in [0.1, 0.15) is 18.2 Å². The van der Waals surface area contributed by atoms with E-state index in [0.717, 1.165) is 11.6 Å². The summed E-state index contributed by atoms with van der Waals surface area (Å²) in [4.78, 5) is 1.18. The third kappa shape index (κ3) is 2.76. The highest BCUT2D eigenvalue weighted by atomic mass is 35.5. The van der Waals surface area contributed by atoms with Crippen LogP contribution in [0.5, 0.6) is 0 Å². The van der Waals surface area contributed by atoms with Crippen LogP contribution in [-0.4, -0.2) is 30.0 Å². The molecule has 1 fully saturated rings. The van der Waals surface area contributed by atoms with Gasteiger partial charge in [0.05, 0.1) is 11.1 Å². The number of ether oxygens (including phenoxy) is 1. The molecular weight excluding hydrogens is 246 g/mol. The zero-order chi connectivity index (χ0) is 11.6. The molecule has 2 unspecified atom stereocenters. The van der Waals surface area contributed by atoms with Gasteiger partial charge in [-0.1, -0.05) is 11.6 Å².